The summed E-state index contributed by atoms with van der Waals surface area (Å²) >= 11 is 6.55. The number of oxazole rings is 1. The molecule has 0 spiro atoms. The van der Waals surface area contributed by atoms with Crippen LogP contribution in [0.15, 0.2) is 33.7 Å². The lowest BCUT2D eigenvalue weighted by atomic mass is 9.98. The highest BCUT2D eigenvalue weighted by Gasteiger charge is 2.40. The van der Waals surface area contributed by atoms with E-state index in [1.807, 2.05) is 18.5 Å². The summed E-state index contributed by atoms with van der Waals surface area (Å²) in [5.41, 5.74) is 10.1. The highest BCUT2D eigenvalue weighted by molar-refractivity contribution is 6.38. The van der Waals surface area contributed by atoms with Crippen molar-refractivity contribution in [3.63, 3.8) is 0 Å². The normalized spacial score (nSPS) is 24.1. The van der Waals surface area contributed by atoms with Gasteiger partial charge in [0.2, 0.25) is 0 Å². The second-order valence-corrected chi connectivity index (χ2v) is 8.34. The maximum Gasteiger partial charge on any atom is 0.417 e. The monoisotopic (exact) mass is 410 g/mol. The van der Waals surface area contributed by atoms with E-state index in [0.29, 0.717) is 33.9 Å². The molecule has 2 fully saturated rings. The summed E-state index contributed by atoms with van der Waals surface area (Å²) in [4.78, 5) is 29.3. The van der Waals surface area contributed by atoms with E-state index in [1.54, 1.807) is 6.07 Å². The molecule has 8 nitrogen and oxygen atoms in total. The highest BCUT2D eigenvalue weighted by atomic mass is 35.5. The van der Waals surface area contributed by atoms with E-state index in [2.05, 4.69) is 14.9 Å². The van der Waals surface area contributed by atoms with Gasteiger partial charge in [-0.15, -0.1) is 0 Å². The van der Waals surface area contributed by atoms with Crippen molar-refractivity contribution >= 4 is 39.7 Å². The van der Waals surface area contributed by atoms with Gasteiger partial charge in [0, 0.05) is 35.4 Å². The van der Waals surface area contributed by atoms with E-state index in [0.717, 1.165) is 48.1 Å². The molecule has 2 saturated heterocycles. The number of rotatable bonds is 2. The topological polar surface area (TPSA) is 117 Å². The Kier molecular flexibility index (Phi) is 3.57. The summed E-state index contributed by atoms with van der Waals surface area (Å²) < 4.78 is 5.08. The Labute approximate surface area is 170 Å². The molecule has 1 unspecified atom stereocenters. The third-order valence-electron chi connectivity index (χ3n) is 6.23. The van der Waals surface area contributed by atoms with Gasteiger partial charge in [0.15, 0.2) is 11.2 Å². The molecule has 0 radical (unpaired) electrons. The standard InChI is InChI=1S/C20H19ClN6O2/c21-16-12(3-4-14-18(16)26-20(28)29-14)13-7-24-19-17(13)23-8-15(25-19)27-10-1-2-11(27)6-9(22)5-10/h3-4,7-11H,1-2,5-6,22H2,(H,24,25)(H,26,28)/t9?,10-,11+. The van der Waals surface area contributed by atoms with E-state index >= 15 is 0 Å². The lowest BCUT2D eigenvalue weighted by Crippen LogP contribution is -2.47. The number of piperidine rings is 1. The predicted molar refractivity (Wildman–Crippen MR) is 111 cm³/mol. The first-order chi connectivity index (χ1) is 14.1. The number of nitrogens with one attached hydrogen (secondary N) is 2. The Morgan fingerprint density at radius 2 is 2.00 bits per heavy atom. The minimum absolute atomic E-state index is 0.281. The number of nitrogens with two attached hydrogens (primary N) is 1. The number of anilines is 1. The Morgan fingerprint density at radius 3 is 2.79 bits per heavy atom. The van der Waals surface area contributed by atoms with E-state index in [-0.39, 0.29) is 6.04 Å². The average molecular weight is 411 g/mol. The zero-order valence-electron chi connectivity index (χ0n) is 15.5. The number of hydrogen-bond acceptors (Lipinski definition) is 6. The third kappa shape index (κ3) is 2.52. The first-order valence-corrected chi connectivity index (χ1v) is 10.2. The molecule has 2 bridgehead atoms. The first-order valence-electron chi connectivity index (χ1n) is 9.78. The van der Waals surface area contributed by atoms with Crippen molar-refractivity contribution < 1.29 is 4.42 Å². The fourth-order valence-corrected chi connectivity index (χ4v) is 5.31. The fraction of sp³-hybridized carbons (Fsp3) is 0.350. The van der Waals surface area contributed by atoms with E-state index < -0.39 is 5.76 Å². The van der Waals surface area contributed by atoms with Crippen LogP contribution in [0.5, 0.6) is 0 Å². The van der Waals surface area contributed by atoms with Crippen LogP contribution in [0.3, 0.4) is 0 Å². The summed E-state index contributed by atoms with van der Waals surface area (Å²) in [5.74, 6) is 0.365. The molecule has 1 aromatic carbocycles. The van der Waals surface area contributed by atoms with Crippen molar-refractivity contribution in [1.82, 2.24) is 19.9 Å². The van der Waals surface area contributed by atoms with Crippen molar-refractivity contribution in [3.8, 4) is 11.1 Å². The minimum atomic E-state index is -0.529. The second kappa shape index (κ2) is 6.08. The van der Waals surface area contributed by atoms with Gasteiger partial charge >= 0.3 is 5.76 Å². The van der Waals surface area contributed by atoms with E-state index in [1.165, 1.54) is 0 Å². The van der Waals surface area contributed by atoms with Crippen molar-refractivity contribution in [2.24, 2.45) is 5.73 Å². The maximum atomic E-state index is 11.5. The van der Waals surface area contributed by atoms with E-state index in [9.17, 15) is 4.79 Å². The van der Waals surface area contributed by atoms with Crippen LogP contribution < -0.4 is 16.4 Å². The SMILES string of the molecule is NC1C[C@H]2CC[C@@H](C1)N2c1cnc2c(-c3ccc4oc(=O)[nH]c4c3Cl)c[nH]c2n1. The number of halogens is 1. The van der Waals surface area contributed by atoms with Gasteiger partial charge in [-0.3, -0.25) is 4.98 Å². The van der Waals surface area contributed by atoms with Crippen LogP contribution in [0.25, 0.3) is 33.4 Å². The van der Waals surface area contributed by atoms with Gasteiger partial charge in [0.1, 0.15) is 16.9 Å². The second-order valence-electron chi connectivity index (χ2n) is 7.97. The lowest BCUT2D eigenvalue weighted by molar-refractivity contribution is 0.412. The van der Waals surface area contributed by atoms with Gasteiger partial charge in [-0.25, -0.2) is 14.8 Å². The summed E-state index contributed by atoms with van der Waals surface area (Å²) in [5, 5.41) is 0.420. The third-order valence-corrected chi connectivity index (χ3v) is 6.62. The van der Waals surface area contributed by atoms with Crippen molar-refractivity contribution in [3.05, 3.63) is 40.1 Å². The van der Waals surface area contributed by atoms with Crippen LogP contribution in [0.2, 0.25) is 5.02 Å². The Bertz CT molecular complexity index is 1290. The van der Waals surface area contributed by atoms with Gasteiger partial charge in [-0.2, -0.15) is 0 Å². The summed E-state index contributed by atoms with van der Waals surface area (Å²) in [6.45, 7) is 0. The van der Waals surface area contributed by atoms with Gasteiger partial charge in [-0.05, 0) is 37.8 Å². The quantitative estimate of drug-likeness (QED) is 0.467. The van der Waals surface area contributed by atoms with Crippen LogP contribution in [0.4, 0.5) is 5.82 Å². The van der Waals surface area contributed by atoms with E-state index in [4.69, 9.17) is 31.7 Å². The summed E-state index contributed by atoms with van der Waals surface area (Å²) in [7, 11) is 0. The molecule has 3 atom stereocenters. The van der Waals surface area contributed by atoms with Crippen LogP contribution in [0, 0.1) is 0 Å². The number of hydrogen-bond donors (Lipinski definition) is 3. The lowest BCUT2D eigenvalue weighted by Gasteiger charge is -2.38. The van der Waals surface area contributed by atoms with Crippen LogP contribution in [0.1, 0.15) is 25.7 Å². The van der Waals surface area contributed by atoms with Crippen LogP contribution in [-0.4, -0.2) is 38.1 Å². The molecular weight excluding hydrogens is 392 g/mol. The molecule has 2 aliphatic rings. The Morgan fingerprint density at radius 1 is 1.21 bits per heavy atom. The molecule has 0 amide bonds. The van der Waals surface area contributed by atoms with Gasteiger partial charge in [0.05, 0.1) is 11.2 Å². The number of fused-ring (bicyclic) bond motifs is 4. The zero-order chi connectivity index (χ0) is 19.7. The molecule has 2 aliphatic heterocycles. The van der Waals surface area contributed by atoms with Gasteiger partial charge in [0.25, 0.3) is 0 Å². The van der Waals surface area contributed by atoms with Crippen molar-refractivity contribution in [1.29, 1.82) is 0 Å². The number of aromatic nitrogens is 4. The highest BCUT2D eigenvalue weighted by Crippen LogP contribution is 2.40. The largest absolute Gasteiger partial charge is 0.417 e. The van der Waals surface area contributed by atoms with Gasteiger partial charge in [-0.1, -0.05) is 11.6 Å². The molecule has 4 aromatic rings. The number of aromatic amines is 2. The zero-order valence-corrected chi connectivity index (χ0v) is 16.2. The smallest absolute Gasteiger partial charge is 0.408 e. The molecule has 29 heavy (non-hydrogen) atoms. The average Bonchev–Trinajstić information content (AvgIpc) is 3.36. The van der Waals surface area contributed by atoms with Crippen molar-refractivity contribution in [2.45, 2.75) is 43.8 Å². The molecule has 6 rings (SSSR count). The predicted octanol–water partition coefficient (Wildman–Crippen LogP) is 3.17. The van der Waals surface area contributed by atoms with Crippen LogP contribution >= 0.6 is 11.6 Å². The molecule has 3 aromatic heterocycles. The molecule has 4 N–H and O–H groups in total. The molecule has 9 heteroatoms. The van der Waals surface area contributed by atoms with Gasteiger partial charge < -0.3 is 20.0 Å². The molecular formula is C20H19ClN6O2. The van der Waals surface area contributed by atoms with Crippen molar-refractivity contribution in [2.75, 3.05) is 4.90 Å². The number of nitrogens with zero attached hydrogens (tertiary/aromatic N) is 3. The Hall–Kier alpha value is -2.84. The molecule has 5 heterocycles. The summed E-state index contributed by atoms with van der Waals surface area (Å²) in [6, 6.07) is 4.72. The molecule has 0 saturated carbocycles. The molecule has 148 valence electrons. The van der Waals surface area contributed by atoms with Crippen LogP contribution in [-0.2, 0) is 0 Å². The minimum Gasteiger partial charge on any atom is -0.408 e. The first kappa shape index (κ1) is 17.1. The maximum absolute atomic E-state index is 11.5. The molecule has 0 aliphatic carbocycles. The number of H-pyrrole nitrogens is 2. The summed E-state index contributed by atoms with van der Waals surface area (Å²) in [6.07, 6.45) is 8.02. The number of benzene rings is 1. The fourth-order valence-electron chi connectivity index (χ4n) is 5.00. The Balaban J connectivity index is 1.43.